The lowest BCUT2D eigenvalue weighted by Gasteiger charge is -2.33. The van der Waals surface area contributed by atoms with Crippen molar-refractivity contribution in [3.05, 3.63) is 18.0 Å². The van der Waals surface area contributed by atoms with Gasteiger partial charge in [0.1, 0.15) is 12.0 Å². The zero-order chi connectivity index (χ0) is 15.6. The van der Waals surface area contributed by atoms with Gasteiger partial charge >= 0.3 is 0 Å². The predicted octanol–water partition coefficient (Wildman–Crippen LogP) is 2.61. The molecule has 2 rings (SSSR count). The molecule has 0 aromatic carbocycles. The summed E-state index contributed by atoms with van der Waals surface area (Å²) >= 11 is 0. The van der Waals surface area contributed by atoms with Crippen molar-refractivity contribution in [1.29, 1.82) is 0 Å². The van der Waals surface area contributed by atoms with Crippen molar-refractivity contribution >= 4 is 29.9 Å². The molecule has 1 aliphatic heterocycles. The second-order valence-corrected chi connectivity index (χ2v) is 5.85. The van der Waals surface area contributed by atoms with Crippen molar-refractivity contribution in [3.63, 3.8) is 0 Å². The summed E-state index contributed by atoms with van der Waals surface area (Å²) < 4.78 is 4.82. The van der Waals surface area contributed by atoms with Crippen molar-refractivity contribution in [3.8, 4) is 0 Å². The van der Waals surface area contributed by atoms with Crippen molar-refractivity contribution in [2.75, 3.05) is 26.2 Å². The summed E-state index contributed by atoms with van der Waals surface area (Å²) in [7, 11) is 0. The van der Waals surface area contributed by atoms with E-state index in [2.05, 4.69) is 39.5 Å². The van der Waals surface area contributed by atoms with Crippen LogP contribution in [0, 0.1) is 0 Å². The topological polar surface area (TPSA) is 65.7 Å². The first-order chi connectivity index (χ1) is 10.8. The van der Waals surface area contributed by atoms with E-state index in [9.17, 15) is 0 Å². The Kier molecular flexibility index (Phi) is 10.3. The largest absolute Gasteiger partial charge is 0.364 e. The van der Waals surface area contributed by atoms with Crippen LogP contribution in [0.15, 0.2) is 21.8 Å². The van der Waals surface area contributed by atoms with Gasteiger partial charge in [0.15, 0.2) is 5.96 Å². The van der Waals surface area contributed by atoms with Crippen molar-refractivity contribution < 1.29 is 4.52 Å². The molecule has 1 fully saturated rings. The van der Waals surface area contributed by atoms with Gasteiger partial charge in [-0.15, -0.1) is 24.0 Å². The van der Waals surface area contributed by atoms with Gasteiger partial charge in [-0.25, -0.2) is 4.99 Å². The van der Waals surface area contributed by atoms with Crippen LogP contribution in [0.1, 0.15) is 45.2 Å². The number of hydrogen-bond donors (Lipinski definition) is 2. The molecule has 2 N–H and O–H groups in total. The van der Waals surface area contributed by atoms with Crippen LogP contribution >= 0.6 is 24.0 Å². The zero-order valence-electron chi connectivity index (χ0n) is 14.3. The van der Waals surface area contributed by atoms with Crippen molar-refractivity contribution in [2.45, 2.75) is 52.1 Å². The number of halogens is 1. The standard InChI is InChI=1S/C16H29N5O.HI/c1-3-17-16(19-13-15-8-12-22-20-15)18-9-6-11-21-10-5-4-7-14(21)2;/h8,12,14H,3-7,9-11,13H2,1-2H3,(H2,17,18,19);1H. The molecule has 1 atom stereocenters. The van der Waals surface area contributed by atoms with Crippen LogP contribution in [0.2, 0.25) is 0 Å². The molecule has 0 radical (unpaired) electrons. The molecule has 0 amide bonds. The van der Waals surface area contributed by atoms with Crippen LogP contribution in [-0.4, -0.2) is 48.2 Å². The third-order valence-corrected chi connectivity index (χ3v) is 4.09. The van der Waals surface area contributed by atoms with Crippen LogP contribution < -0.4 is 10.6 Å². The molecule has 1 unspecified atom stereocenters. The summed E-state index contributed by atoms with van der Waals surface area (Å²) in [4.78, 5) is 7.12. The average Bonchev–Trinajstić information content (AvgIpc) is 3.04. The van der Waals surface area contributed by atoms with Gasteiger partial charge < -0.3 is 20.1 Å². The average molecular weight is 435 g/mol. The van der Waals surface area contributed by atoms with Gasteiger partial charge in [-0.3, -0.25) is 0 Å². The minimum absolute atomic E-state index is 0. The summed E-state index contributed by atoms with van der Waals surface area (Å²) in [6.07, 6.45) is 6.79. The Morgan fingerprint density at radius 1 is 1.43 bits per heavy atom. The first-order valence-electron chi connectivity index (χ1n) is 8.45. The highest BCUT2D eigenvalue weighted by Gasteiger charge is 2.17. The molecule has 0 bridgehead atoms. The Morgan fingerprint density at radius 3 is 3.00 bits per heavy atom. The van der Waals surface area contributed by atoms with Gasteiger partial charge in [-0.05, 0) is 39.7 Å². The van der Waals surface area contributed by atoms with Gasteiger partial charge in [0.2, 0.25) is 0 Å². The quantitative estimate of drug-likeness (QED) is 0.298. The number of guanidine groups is 1. The van der Waals surface area contributed by atoms with Crippen LogP contribution in [-0.2, 0) is 6.54 Å². The molecule has 1 aromatic heterocycles. The third-order valence-electron chi connectivity index (χ3n) is 4.09. The highest BCUT2D eigenvalue weighted by atomic mass is 127. The van der Waals surface area contributed by atoms with Crippen LogP contribution in [0.3, 0.4) is 0 Å². The lowest BCUT2D eigenvalue weighted by Crippen LogP contribution is -2.41. The molecule has 1 aromatic rings. The number of nitrogens with one attached hydrogen (secondary N) is 2. The van der Waals surface area contributed by atoms with Crippen LogP contribution in [0.5, 0.6) is 0 Å². The lowest BCUT2D eigenvalue weighted by atomic mass is 10.0. The molecule has 1 aliphatic rings. The number of nitrogens with zero attached hydrogens (tertiary/aromatic N) is 3. The minimum atomic E-state index is 0. The van der Waals surface area contributed by atoms with E-state index in [1.165, 1.54) is 25.8 Å². The minimum Gasteiger partial charge on any atom is -0.364 e. The number of likely N-dealkylation sites (tertiary alicyclic amines) is 1. The number of hydrogen-bond acceptors (Lipinski definition) is 4. The smallest absolute Gasteiger partial charge is 0.191 e. The molecule has 6 nitrogen and oxygen atoms in total. The summed E-state index contributed by atoms with van der Waals surface area (Å²) in [6.45, 7) is 9.16. The second-order valence-electron chi connectivity index (χ2n) is 5.85. The van der Waals surface area contributed by atoms with E-state index in [0.29, 0.717) is 6.54 Å². The Hall–Kier alpha value is -0.830. The number of aliphatic imine (C=N–C) groups is 1. The first kappa shape index (κ1) is 20.2. The predicted molar refractivity (Wildman–Crippen MR) is 104 cm³/mol. The van der Waals surface area contributed by atoms with Gasteiger partial charge in [0, 0.05) is 31.7 Å². The molecule has 0 saturated carbocycles. The molecule has 0 aliphatic carbocycles. The molecule has 0 spiro atoms. The van der Waals surface area contributed by atoms with Crippen molar-refractivity contribution in [2.24, 2.45) is 4.99 Å². The van der Waals surface area contributed by atoms with Gasteiger partial charge in [0.25, 0.3) is 0 Å². The Bertz CT molecular complexity index is 438. The van der Waals surface area contributed by atoms with Crippen LogP contribution in [0.25, 0.3) is 0 Å². The Balaban J connectivity index is 0.00000264. The van der Waals surface area contributed by atoms with E-state index in [4.69, 9.17) is 4.52 Å². The fourth-order valence-electron chi connectivity index (χ4n) is 2.80. The maximum atomic E-state index is 4.82. The maximum absolute atomic E-state index is 4.82. The first-order valence-corrected chi connectivity index (χ1v) is 8.45. The van der Waals surface area contributed by atoms with E-state index in [-0.39, 0.29) is 24.0 Å². The highest BCUT2D eigenvalue weighted by Crippen LogP contribution is 2.15. The summed E-state index contributed by atoms with van der Waals surface area (Å²) in [5.74, 6) is 0.845. The van der Waals surface area contributed by atoms with E-state index < -0.39 is 0 Å². The summed E-state index contributed by atoms with van der Waals surface area (Å²) in [5, 5.41) is 10.5. The Morgan fingerprint density at radius 2 is 2.30 bits per heavy atom. The molecule has 23 heavy (non-hydrogen) atoms. The molecule has 7 heteroatoms. The zero-order valence-corrected chi connectivity index (χ0v) is 16.6. The highest BCUT2D eigenvalue weighted by molar-refractivity contribution is 14.0. The van der Waals surface area contributed by atoms with E-state index in [1.54, 1.807) is 6.26 Å². The molecular weight excluding hydrogens is 405 g/mol. The SMILES string of the molecule is CCNC(=NCc1ccon1)NCCCN1CCCCC1C.I. The lowest BCUT2D eigenvalue weighted by molar-refractivity contribution is 0.159. The molecular formula is C16H30IN5O. The monoisotopic (exact) mass is 435 g/mol. The number of rotatable bonds is 7. The van der Waals surface area contributed by atoms with E-state index >= 15 is 0 Å². The van der Waals surface area contributed by atoms with Crippen LogP contribution in [0.4, 0.5) is 0 Å². The van der Waals surface area contributed by atoms with Gasteiger partial charge in [-0.1, -0.05) is 11.6 Å². The normalized spacial score (nSPS) is 19.2. The molecule has 1 saturated heterocycles. The summed E-state index contributed by atoms with van der Waals surface area (Å²) in [5.41, 5.74) is 0.847. The van der Waals surface area contributed by atoms with Gasteiger partial charge in [-0.2, -0.15) is 0 Å². The second kappa shape index (κ2) is 11.7. The maximum Gasteiger partial charge on any atom is 0.191 e. The number of piperidine rings is 1. The Labute approximate surface area is 156 Å². The third kappa shape index (κ3) is 7.52. The van der Waals surface area contributed by atoms with E-state index in [1.807, 2.05) is 6.07 Å². The molecule has 132 valence electrons. The fourth-order valence-corrected chi connectivity index (χ4v) is 2.80. The summed E-state index contributed by atoms with van der Waals surface area (Å²) in [6, 6.07) is 2.58. The fraction of sp³-hybridized carbons (Fsp3) is 0.750. The van der Waals surface area contributed by atoms with Gasteiger partial charge in [0.05, 0.1) is 6.54 Å². The van der Waals surface area contributed by atoms with E-state index in [0.717, 1.165) is 43.8 Å². The number of aromatic nitrogens is 1. The van der Waals surface area contributed by atoms with Crippen molar-refractivity contribution in [1.82, 2.24) is 20.7 Å². The molecule has 2 heterocycles.